The number of hydrogen-bond acceptors (Lipinski definition) is 4. The Labute approximate surface area is 116 Å². The maximum Gasteiger partial charge on any atom is 0.141 e. The van der Waals surface area contributed by atoms with Gasteiger partial charge < -0.3 is 10.2 Å². The molecule has 1 aromatic rings. The fourth-order valence-corrected chi connectivity index (χ4v) is 3.05. The highest BCUT2D eigenvalue weighted by Gasteiger charge is 2.35. The highest BCUT2D eigenvalue weighted by Crippen LogP contribution is 2.33. The van der Waals surface area contributed by atoms with E-state index in [-0.39, 0.29) is 0 Å². The molecule has 0 bridgehead atoms. The number of nitrogens with zero attached hydrogens (tertiary/aromatic N) is 4. The SMILES string of the molecule is CC(C)n1ncnc1CNCC1(N(C)C)CCCC1. The molecule has 0 aromatic carbocycles. The van der Waals surface area contributed by atoms with Gasteiger partial charge in [0.05, 0.1) is 6.54 Å². The third-order valence-electron chi connectivity index (χ3n) is 4.36. The van der Waals surface area contributed by atoms with Crippen molar-refractivity contribution in [3.63, 3.8) is 0 Å². The molecule has 0 amide bonds. The Bertz CT molecular complexity index is 390. The Hall–Kier alpha value is -0.940. The smallest absolute Gasteiger partial charge is 0.141 e. The zero-order valence-electron chi connectivity index (χ0n) is 12.7. The lowest BCUT2D eigenvalue weighted by molar-refractivity contribution is 0.153. The summed E-state index contributed by atoms with van der Waals surface area (Å²) in [4.78, 5) is 6.73. The Morgan fingerprint density at radius 2 is 2.05 bits per heavy atom. The van der Waals surface area contributed by atoms with Gasteiger partial charge in [0, 0.05) is 18.1 Å². The minimum atomic E-state index is 0.336. The zero-order valence-corrected chi connectivity index (χ0v) is 12.7. The van der Waals surface area contributed by atoms with E-state index >= 15 is 0 Å². The molecule has 0 aliphatic heterocycles. The van der Waals surface area contributed by atoms with Crippen LogP contribution in [-0.4, -0.2) is 45.8 Å². The maximum absolute atomic E-state index is 4.34. The molecule has 0 saturated heterocycles. The van der Waals surface area contributed by atoms with Gasteiger partial charge in [0.2, 0.25) is 0 Å². The summed E-state index contributed by atoms with van der Waals surface area (Å²) in [5.41, 5.74) is 0.336. The van der Waals surface area contributed by atoms with Crippen molar-refractivity contribution in [2.75, 3.05) is 20.6 Å². The van der Waals surface area contributed by atoms with Crippen molar-refractivity contribution in [1.29, 1.82) is 0 Å². The van der Waals surface area contributed by atoms with Crippen molar-refractivity contribution in [3.05, 3.63) is 12.2 Å². The third-order valence-corrected chi connectivity index (χ3v) is 4.36. The van der Waals surface area contributed by atoms with Crippen LogP contribution in [0.5, 0.6) is 0 Å². The summed E-state index contributed by atoms with van der Waals surface area (Å²) in [5, 5.41) is 7.86. The topological polar surface area (TPSA) is 46.0 Å². The van der Waals surface area contributed by atoms with Crippen molar-refractivity contribution in [2.24, 2.45) is 0 Å². The molecular formula is C14H27N5. The largest absolute Gasteiger partial charge is 0.308 e. The van der Waals surface area contributed by atoms with Crippen LogP contribution in [0.1, 0.15) is 51.4 Å². The van der Waals surface area contributed by atoms with Gasteiger partial charge in [-0.05, 0) is 40.8 Å². The van der Waals surface area contributed by atoms with Gasteiger partial charge in [-0.1, -0.05) is 12.8 Å². The van der Waals surface area contributed by atoms with Gasteiger partial charge in [-0.3, -0.25) is 0 Å². The van der Waals surface area contributed by atoms with E-state index in [1.165, 1.54) is 25.7 Å². The number of likely N-dealkylation sites (N-methyl/N-ethyl adjacent to an activating group) is 1. The van der Waals surface area contributed by atoms with Crippen LogP contribution < -0.4 is 5.32 Å². The number of aromatic nitrogens is 3. The quantitative estimate of drug-likeness (QED) is 0.852. The van der Waals surface area contributed by atoms with Crippen molar-refractivity contribution < 1.29 is 0 Å². The molecule has 108 valence electrons. The van der Waals surface area contributed by atoms with Crippen LogP contribution in [0.2, 0.25) is 0 Å². The van der Waals surface area contributed by atoms with Crippen molar-refractivity contribution in [1.82, 2.24) is 25.0 Å². The first-order valence-corrected chi connectivity index (χ1v) is 7.32. The van der Waals surface area contributed by atoms with Gasteiger partial charge in [0.25, 0.3) is 0 Å². The average molecular weight is 265 g/mol. The summed E-state index contributed by atoms with van der Waals surface area (Å²) in [6.07, 6.45) is 6.94. The molecule has 1 aromatic heterocycles. The summed E-state index contributed by atoms with van der Waals surface area (Å²) < 4.78 is 1.99. The lowest BCUT2D eigenvalue weighted by atomic mass is 9.96. The lowest BCUT2D eigenvalue weighted by Gasteiger charge is -2.36. The predicted molar refractivity (Wildman–Crippen MR) is 77.0 cm³/mol. The normalized spacial score (nSPS) is 18.6. The van der Waals surface area contributed by atoms with Gasteiger partial charge in [0.1, 0.15) is 12.2 Å². The summed E-state index contributed by atoms with van der Waals surface area (Å²) in [6.45, 7) is 6.10. The summed E-state index contributed by atoms with van der Waals surface area (Å²) in [7, 11) is 4.40. The second kappa shape index (κ2) is 6.01. The van der Waals surface area contributed by atoms with E-state index in [2.05, 4.69) is 48.2 Å². The molecule has 19 heavy (non-hydrogen) atoms. The van der Waals surface area contributed by atoms with Crippen LogP contribution in [0.25, 0.3) is 0 Å². The Kier molecular flexibility index (Phi) is 4.58. The average Bonchev–Trinajstić information content (AvgIpc) is 2.98. The van der Waals surface area contributed by atoms with Gasteiger partial charge in [-0.25, -0.2) is 9.67 Å². The van der Waals surface area contributed by atoms with Crippen LogP contribution in [0, 0.1) is 0 Å². The summed E-state index contributed by atoms with van der Waals surface area (Å²) in [5.74, 6) is 1.03. The fourth-order valence-electron chi connectivity index (χ4n) is 3.05. The van der Waals surface area contributed by atoms with E-state index in [1.54, 1.807) is 6.33 Å². The van der Waals surface area contributed by atoms with Crippen molar-refractivity contribution in [3.8, 4) is 0 Å². The minimum Gasteiger partial charge on any atom is -0.308 e. The first-order chi connectivity index (χ1) is 9.05. The van der Waals surface area contributed by atoms with E-state index in [4.69, 9.17) is 0 Å². The van der Waals surface area contributed by atoms with Gasteiger partial charge >= 0.3 is 0 Å². The Balaban J connectivity index is 1.90. The van der Waals surface area contributed by atoms with Gasteiger partial charge in [-0.15, -0.1) is 0 Å². The lowest BCUT2D eigenvalue weighted by Crippen LogP contribution is -2.49. The minimum absolute atomic E-state index is 0.336. The summed E-state index contributed by atoms with van der Waals surface area (Å²) in [6, 6.07) is 0.369. The molecule has 1 heterocycles. The van der Waals surface area contributed by atoms with Gasteiger partial charge in [-0.2, -0.15) is 5.10 Å². The molecular weight excluding hydrogens is 238 g/mol. The predicted octanol–water partition coefficient (Wildman–Crippen LogP) is 1.82. The van der Waals surface area contributed by atoms with Crippen LogP contribution in [-0.2, 0) is 6.54 Å². The number of rotatable bonds is 6. The molecule has 1 N–H and O–H groups in total. The van der Waals surface area contributed by atoms with Crippen molar-refractivity contribution in [2.45, 2.75) is 57.7 Å². The van der Waals surface area contributed by atoms with Crippen LogP contribution in [0.4, 0.5) is 0 Å². The van der Waals surface area contributed by atoms with E-state index in [9.17, 15) is 0 Å². The van der Waals surface area contributed by atoms with E-state index in [0.717, 1.165) is 18.9 Å². The number of nitrogens with one attached hydrogen (secondary N) is 1. The highest BCUT2D eigenvalue weighted by molar-refractivity contribution is 4.95. The Morgan fingerprint density at radius 3 is 2.63 bits per heavy atom. The van der Waals surface area contributed by atoms with E-state index < -0.39 is 0 Å². The second-order valence-corrected chi connectivity index (χ2v) is 6.14. The molecule has 0 atom stereocenters. The third kappa shape index (κ3) is 3.15. The van der Waals surface area contributed by atoms with Crippen LogP contribution in [0.3, 0.4) is 0 Å². The molecule has 2 rings (SSSR count). The van der Waals surface area contributed by atoms with Crippen LogP contribution >= 0.6 is 0 Å². The maximum atomic E-state index is 4.34. The van der Waals surface area contributed by atoms with E-state index in [1.807, 2.05) is 4.68 Å². The van der Waals surface area contributed by atoms with Crippen LogP contribution in [0.15, 0.2) is 6.33 Å². The summed E-state index contributed by atoms with van der Waals surface area (Å²) >= 11 is 0. The molecule has 1 saturated carbocycles. The Morgan fingerprint density at radius 1 is 1.37 bits per heavy atom. The standard InChI is InChI=1S/C14H27N5/c1-12(2)19-13(16-11-17-19)9-15-10-14(18(3)4)7-5-6-8-14/h11-12,15H,5-10H2,1-4H3. The zero-order chi connectivity index (χ0) is 13.9. The highest BCUT2D eigenvalue weighted by atomic mass is 15.4. The molecule has 0 radical (unpaired) electrons. The molecule has 5 nitrogen and oxygen atoms in total. The molecule has 1 aliphatic rings. The molecule has 0 unspecified atom stereocenters. The molecule has 1 aliphatic carbocycles. The first-order valence-electron chi connectivity index (χ1n) is 7.32. The number of hydrogen-bond donors (Lipinski definition) is 1. The molecule has 0 spiro atoms. The molecule has 5 heteroatoms. The first kappa shape index (κ1) is 14.5. The fraction of sp³-hybridized carbons (Fsp3) is 0.857. The van der Waals surface area contributed by atoms with Crippen molar-refractivity contribution >= 4 is 0 Å². The monoisotopic (exact) mass is 265 g/mol. The van der Waals surface area contributed by atoms with E-state index in [0.29, 0.717) is 11.6 Å². The molecule has 1 fully saturated rings. The second-order valence-electron chi connectivity index (χ2n) is 6.14. The van der Waals surface area contributed by atoms with Gasteiger partial charge in [0.15, 0.2) is 0 Å².